The molecule has 2 aromatic heterocycles. The van der Waals surface area contributed by atoms with E-state index in [9.17, 15) is 4.79 Å². The van der Waals surface area contributed by atoms with Gasteiger partial charge in [-0.2, -0.15) is 0 Å². The van der Waals surface area contributed by atoms with Crippen LogP contribution in [-0.4, -0.2) is 39.2 Å². The number of nitrogens with zero attached hydrogens (tertiary/aromatic N) is 3. The number of carbonyl (C=O) groups excluding carboxylic acids is 1. The van der Waals surface area contributed by atoms with Gasteiger partial charge in [0, 0.05) is 18.0 Å². The summed E-state index contributed by atoms with van der Waals surface area (Å²) in [5, 5.41) is 8.90. The lowest BCUT2D eigenvalue weighted by atomic mass is 9.88. The fourth-order valence-corrected chi connectivity index (χ4v) is 3.16. The zero-order valence-corrected chi connectivity index (χ0v) is 14.7. The van der Waals surface area contributed by atoms with Crippen molar-refractivity contribution in [3.8, 4) is 17.3 Å². The van der Waals surface area contributed by atoms with Crippen molar-refractivity contribution >= 4 is 5.91 Å². The molecule has 1 atom stereocenters. The summed E-state index contributed by atoms with van der Waals surface area (Å²) in [7, 11) is 0. The van der Waals surface area contributed by atoms with E-state index < -0.39 is 11.4 Å². The first kappa shape index (κ1) is 18.2. The zero-order chi connectivity index (χ0) is 18.7. The molecule has 3 rings (SSSR count). The average Bonchev–Trinajstić information content (AvgIpc) is 3.13. The van der Waals surface area contributed by atoms with Crippen molar-refractivity contribution in [3.05, 3.63) is 35.3 Å². The number of hydrogen-bond donors (Lipinski definition) is 3. The molecule has 5 N–H and O–H groups in total. The molecule has 138 valence electrons. The minimum Gasteiger partial charge on any atom is -0.491 e. The quantitative estimate of drug-likeness (QED) is 0.654. The summed E-state index contributed by atoms with van der Waals surface area (Å²) in [6.45, 7) is 1.92. The van der Waals surface area contributed by atoms with Gasteiger partial charge in [0.15, 0.2) is 5.82 Å². The Morgan fingerprint density at radius 2 is 2.19 bits per heavy atom. The Bertz CT molecular complexity index is 826. The highest BCUT2D eigenvalue weighted by Gasteiger charge is 2.38. The van der Waals surface area contributed by atoms with Gasteiger partial charge in [-0.3, -0.25) is 9.78 Å². The van der Waals surface area contributed by atoms with Crippen molar-refractivity contribution in [1.82, 2.24) is 15.0 Å². The number of primary amides is 1. The number of fused-ring (bicyclic) bond motifs is 1. The third-order valence-electron chi connectivity index (χ3n) is 4.67. The Morgan fingerprint density at radius 3 is 2.88 bits per heavy atom. The molecule has 1 aliphatic carbocycles. The summed E-state index contributed by atoms with van der Waals surface area (Å²) < 4.78 is 5.42. The molecule has 1 unspecified atom stereocenters. The largest absolute Gasteiger partial charge is 0.491 e. The molecule has 0 aliphatic heterocycles. The molecule has 8 heteroatoms. The van der Waals surface area contributed by atoms with Gasteiger partial charge < -0.3 is 21.3 Å². The normalized spacial score (nSPS) is 15.3. The highest BCUT2D eigenvalue weighted by Crippen LogP contribution is 2.32. The lowest BCUT2D eigenvalue weighted by Gasteiger charge is -2.26. The SMILES string of the molecule is CCC(N)(C(N)=O)c1nc(-c2cc(OCCO)ccn2)nc2c1CCC2. The van der Waals surface area contributed by atoms with E-state index in [0.717, 1.165) is 30.5 Å². The molecule has 0 saturated carbocycles. The predicted molar refractivity (Wildman–Crippen MR) is 95.2 cm³/mol. The number of ether oxygens (including phenoxy) is 1. The molecule has 26 heavy (non-hydrogen) atoms. The fourth-order valence-electron chi connectivity index (χ4n) is 3.16. The van der Waals surface area contributed by atoms with Gasteiger partial charge in [0.05, 0.1) is 12.3 Å². The van der Waals surface area contributed by atoms with E-state index in [1.807, 2.05) is 6.92 Å². The van der Waals surface area contributed by atoms with Crippen LogP contribution in [0.2, 0.25) is 0 Å². The third kappa shape index (κ3) is 3.25. The molecule has 2 heterocycles. The van der Waals surface area contributed by atoms with Crippen LogP contribution < -0.4 is 16.2 Å². The van der Waals surface area contributed by atoms with Crippen LogP contribution in [0.5, 0.6) is 5.75 Å². The van der Waals surface area contributed by atoms with Gasteiger partial charge in [-0.05, 0) is 37.3 Å². The average molecular weight is 357 g/mol. The summed E-state index contributed by atoms with van der Waals surface area (Å²) in [5.41, 5.74) is 13.4. The van der Waals surface area contributed by atoms with Crippen LogP contribution in [0.4, 0.5) is 0 Å². The molecule has 0 aromatic carbocycles. The second-order valence-electron chi connectivity index (χ2n) is 6.31. The number of aliphatic hydroxyl groups is 1. The first-order chi connectivity index (χ1) is 12.5. The number of pyridine rings is 1. The van der Waals surface area contributed by atoms with Gasteiger partial charge in [0.25, 0.3) is 0 Å². The Balaban J connectivity index is 2.10. The van der Waals surface area contributed by atoms with E-state index >= 15 is 0 Å². The van der Waals surface area contributed by atoms with Crippen LogP contribution in [0.15, 0.2) is 18.3 Å². The predicted octanol–water partition coefficient (Wildman–Crippen LogP) is 0.448. The van der Waals surface area contributed by atoms with E-state index in [0.29, 0.717) is 29.4 Å². The van der Waals surface area contributed by atoms with Crippen molar-refractivity contribution < 1.29 is 14.6 Å². The molecular weight excluding hydrogens is 334 g/mol. The number of amides is 1. The monoisotopic (exact) mass is 357 g/mol. The molecule has 0 spiro atoms. The van der Waals surface area contributed by atoms with Crippen LogP contribution in [0.3, 0.4) is 0 Å². The third-order valence-corrected chi connectivity index (χ3v) is 4.67. The van der Waals surface area contributed by atoms with Crippen molar-refractivity contribution in [2.75, 3.05) is 13.2 Å². The summed E-state index contributed by atoms with van der Waals surface area (Å²) in [6, 6.07) is 3.39. The van der Waals surface area contributed by atoms with E-state index in [4.69, 9.17) is 21.3 Å². The van der Waals surface area contributed by atoms with E-state index in [-0.39, 0.29) is 13.2 Å². The number of carbonyl (C=O) groups is 1. The zero-order valence-electron chi connectivity index (χ0n) is 14.7. The molecule has 1 aliphatic rings. The lowest BCUT2D eigenvalue weighted by Crippen LogP contribution is -2.50. The van der Waals surface area contributed by atoms with Crippen molar-refractivity contribution in [2.45, 2.75) is 38.1 Å². The van der Waals surface area contributed by atoms with Gasteiger partial charge in [-0.1, -0.05) is 6.92 Å². The number of aromatic nitrogens is 3. The molecular formula is C18H23N5O3. The maximum Gasteiger partial charge on any atom is 0.243 e. The number of nitrogens with two attached hydrogens (primary N) is 2. The smallest absolute Gasteiger partial charge is 0.243 e. The van der Waals surface area contributed by atoms with Gasteiger partial charge in [-0.15, -0.1) is 0 Å². The molecule has 1 amide bonds. The molecule has 2 aromatic rings. The number of hydrogen-bond acceptors (Lipinski definition) is 7. The Hall–Kier alpha value is -2.58. The Morgan fingerprint density at radius 1 is 1.38 bits per heavy atom. The van der Waals surface area contributed by atoms with Crippen LogP contribution in [-0.2, 0) is 23.2 Å². The fraction of sp³-hybridized carbons (Fsp3) is 0.444. The van der Waals surface area contributed by atoms with Crippen molar-refractivity contribution in [2.24, 2.45) is 11.5 Å². The summed E-state index contributed by atoms with van der Waals surface area (Å²) in [5.74, 6) is 0.338. The highest BCUT2D eigenvalue weighted by atomic mass is 16.5. The van der Waals surface area contributed by atoms with E-state index in [2.05, 4.69) is 15.0 Å². The van der Waals surface area contributed by atoms with Crippen LogP contribution in [0.1, 0.15) is 36.7 Å². The molecule has 0 bridgehead atoms. The number of rotatable bonds is 7. The highest BCUT2D eigenvalue weighted by molar-refractivity contribution is 5.86. The lowest BCUT2D eigenvalue weighted by molar-refractivity contribution is -0.123. The molecule has 0 saturated heterocycles. The minimum absolute atomic E-state index is 0.0814. The topological polar surface area (TPSA) is 137 Å². The van der Waals surface area contributed by atoms with Crippen LogP contribution in [0, 0.1) is 0 Å². The maximum absolute atomic E-state index is 12.1. The van der Waals surface area contributed by atoms with E-state index in [1.165, 1.54) is 0 Å². The van der Waals surface area contributed by atoms with Crippen LogP contribution in [0.25, 0.3) is 11.5 Å². The molecule has 0 fully saturated rings. The van der Waals surface area contributed by atoms with E-state index in [1.54, 1.807) is 18.3 Å². The summed E-state index contributed by atoms with van der Waals surface area (Å²) >= 11 is 0. The second kappa shape index (κ2) is 7.35. The van der Waals surface area contributed by atoms with Gasteiger partial charge in [0.2, 0.25) is 5.91 Å². The minimum atomic E-state index is -1.34. The van der Waals surface area contributed by atoms with Gasteiger partial charge in [0.1, 0.15) is 23.6 Å². The first-order valence-electron chi connectivity index (χ1n) is 8.68. The molecule has 0 radical (unpaired) electrons. The second-order valence-corrected chi connectivity index (χ2v) is 6.31. The summed E-state index contributed by atoms with van der Waals surface area (Å²) in [6.07, 6.45) is 4.45. The summed E-state index contributed by atoms with van der Waals surface area (Å²) in [4.78, 5) is 25.6. The standard InChI is InChI=1S/C18H23N5O3/c1-2-18(20,17(19)25)15-12-4-3-5-13(12)22-16(23-15)14-10-11(6-7-21-14)26-9-8-24/h6-7,10,24H,2-5,8-9,20H2,1H3,(H2,19,25). The Labute approximate surface area is 151 Å². The van der Waals surface area contributed by atoms with Crippen LogP contribution >= 0.6 is 0 Å². The Kier molecular flexibility index (Phi) is 5.15. The van der Waals surface area contributed by atoms with Gasteiger partial charge in [-0.25, -0.2) is 9.97 Å². The first-order valence-corrected chi connectivity index (χ1v) is 8.68. The number of aryl methyl sites for hydroxylation is 1. The maximum atomic E-state index is 12.1. The van der Waals surface area contributed by atoms with Gasteiger partial charge >= 0.3 is 0 Å². The number of aliphatic hydroxyl groups excluding tert-OH is 1. The molecule has 8 nitrogen and oxygen atoms in total. The van der Waals surface area contributed by atoms with Crippen molar-refractivity contribution in [3.63, 3.8) is 0 Å². The van der Waals surface area contributed by atoms with Crippen molar-refractivity contribution in [1.29, 1.82) is 0 Å².